The van der Waals surface area contributed by atoms with E-state index in [1.165, 1.54) is 0 Å². The Labute approximate surface area is 67.0 Å². The highest BCUT2D eigenvalue weighted by Crippen LogP contribution is 2.26. The van der Waals surface area contributed by atoms with Gasteiger partial charge in [0.1, 0.15) is 6.04 Å². The molecular formula is C8H14N2O. The summed E-state index contributed by atoms with van der Waals surface area (Å²) >= 11 is 0. The summed E-state index contributed by atoms with van der Waals surface area (Å²) in [6.45, 7) is 2.11. The van der Waals surface area contributed by atoms with Gasteiger partial charge in [-0.05, 0) is 18.8 Å². The first kappa shape index (κ1) is 8.51. The summed E-state index contributed by atoms with van der Waals surface area (Å²) in [6.07, 6.45) is 2.27. The fourth-order valence-corrected chi connectivity index (χ4v) is 1.45. The zero-order chi connectivity index (χ0) is 8.27. The average molecular weight is 154 g/mol. The van der Waals surface area contributed by atoms with Crippen LogP contribution in [0, 0.1) is 17.2 Å². The lowest BCUT2D eigenvalue weighted by Gasteiger charge is -2.34. The van der Waals surface area contributed by atoms with Gasteiger partial charge in [0.2, 0.25) is 0 Å². The summed E-state index contributed by atoms with van der Waals surface area (Å²) in [5, 5.41) is 20.2. The molecule has 0 saturated heterocycles. The van der Waals surface area contributed by atoms with Crippen LogP contribution >= 0.6 is 0 Å². The van der Waals surface area contributed by atoms with Gasteiger partial charge in [0.15, 0.2) is 0 Å². The molecule has 1 rings (SSSR count). The molecule has 2 N–H and O–H groups in total. The monoisotopic (exact) mass is 154 g/mol. The van der Waals surface area contributed by atoms with Crippen molar-refractivity contribution in [2.24, 2.45) is 5.92 Å². The van der Waals surface area contributed by atoms with Gasteiger partial charge in [-0.1, -0.05) is 6.92 Å². The zero-order valence-electron chi connectivity index (χ0n) is 6.75. The lowest BCUT2D eigenvalue weighted by Crippen LogP contribution is -2.46. The summed E-state index contributed by atoms with van der Waals surface area (Å²) in [5.74, 6) is 0.783. The van der Waals surface area contributed by atoms with Crippen LogP contribution < -0.4 is 5.32 Å². The van der Waals surface area contributed by atoms with Crippen molar-refractivity contribution in [3.05, 3.63) is 0 Å². The molecule has 1 fully saturated rings. The van der Waals surface area contributed by atoms with Crippen LogP contribution in [0.5, 0.6) is 0 Å². The number of nitrogens with one attached hydrogen (secondary N) is 1. The van der Waals surface area contributed by atoms with Gasteiger partial charge in [0.05, 0.1) is 12.7 Å². The number of aliphatic hydroxyl groups excluding tert-OH is 1. The van der Waals surface area contributed by atoms with Crippen molar-refractivity contribution in [1.82, 2.24) is 5.32 Å². The lowest BCUT2D eigenvalue weighted by atomic mass is 9.81. The van der Waals surface area contributed by atoms with Crippen LogP contribution in [-0.4, -0.2) is 23.8 Å². The number of aliphatic hydroxyl groups is 1. The maximum atomic E-state index is 8.68. The van der Waals surface area contributed by atoms with Crippen LogP contribution in [-0.2, 0) is 0 Å². The Kier molecular flexibility index (Phi) is 2.86. The van der Waals surface area contributed by atoms with Crippen LogP contribution in [0.1, 0.15) is 19.8 Å². The summed E-state index contributed by atoms with van der Waals surface area (Å²) in [6, 6.07) is 2.10. The van der Waals surface area contributed by atoms with Crippen molar-refractivity contribution in [2.45, 2.75) is 31.8 Å². The average Bonchev–Trinajstić information content (AvgIpc) is 1.96. The third-order valence-electron chi connectivity index (χ3n) is 2.15. The first-order chi connectivity index (χ1) is 5.26. The van der Waals surface area contributed by atoms with E-state index in [-0.39, 0.29) is 12.6 Å². The van der Waals surface area contributed by atoms with E-state index in [1.807, 2.05) is 6.07 Å². The van der Waals surface area contributed by atoms with Crippen molar-refractivity contribution >= 4 is 0 Å². The Bertz CT molecular complexity index is 158. The highest BCUT2D eigenvalue weighted by Gasteiger charge is 2.26. The number of nitriles is 1. The topological polar surface area (TPSA) is 56.0 Å². The molecule has 0 heterocycles. The van der Waals surface area contributed by atoms with Gasteiger partial charge in [-0.3, -0.25) is 5.32 Å². The molecule has 0 aliphatic heterocycles. The second kappa shape index (κ2) is 3.70. The van der Waals surface area contributed by atoms with Crippen molar-refractivity contribution < 1.29 is 5.11 Å². The molecule has 62 valence electrons. The van der Waals surface area contributed by atoms with Gasteiger partial charge in [-0.2, -0.15) is 5.26 Å². The molecule has 1 saturated carbocycles. The Hall–Kier alpha value is -0.590. The van der Waals surface area contributed by atoms with Crippen LogP contribution in [0.25, 0.3) is 0 Å². The standard InChI is InChI=1S/C8H14N2O/c1-6-2-7(3-6)10-8(4-9)5-11/h6-8,10-11H,2-3,5H2,1H3. The molecule has 1 aliphatic rings. The summed E-state index contributed by atoms with van der Waals surface area (Å²) in [5.41, 5.74) is 0. The van der Waals surface area contributed by atoms with Crippen molar-refractivity contribution in [3.8, 4) is 6.07 Å². The Balaban J connectivity index is 2.16. The van der Waals surface area contributed by atoms with E-state index in [4.69, 9.17) is 10.4 Å². The molecule has 0 radical (unpaired) electrons. The summed E-state index contributed by atoms with van der Waals surface area (Å²) in [4.78, 5) is 0. The molecule has 0 spiro atoms. The van der Waals surface area contributed by atoms with E-state index < -0.39 is 0 Å². The third kappa shape index (κ3) is 2.18. The molecule has 0 aromatic heterocycles. The predicted octanol–water partition coefficient (Wildman–Crippen LogP) is 0.259. The van der Waals surface area contributed by atoms with Crippen LogP contribution in [0.3, 0.4) is 0 Å². The Morgan fingerprint density at radius 2 is 2.36 bits per heavy atom. The first-order valence-corrected chi connectivity index (χ1v) is 4.02. The minimum absolute atomic E-state index is 0.0820. The predicted molar refractivity (Wildman–Crippen MR) is 41.8 cm³/mol. The molecule has 0 aromatic rings. The van der Waals surface area contributed by atoms with Crippen molar-refractivity contribution in [3.63, 3.8) is 0 Å². The molecule has 0 amide bonds. The Morgan fingerprint density at radius 3 is 2.73 bits per heavy atom. The number of hydrogen-bond acceptors (Lipinski definition) is 3. The fraction of sp³-hybridized carbons (Fsp3) is 0.875. The van der Waals surface area contributed by atoms with E-state index in [0.717, 1.165) is 18.8 Å². The smallest absolute Gasteiger partial charge is 0.119 e. The van der Waals surface area contributed by atoms with Crippen LogP contribution in [0.4, 0.5) is 0 Å². The van der Waals surface area contributed by atoms with E-state index in [1.54, 1.807) is 0 Å². The molecule has 1 unspecified atom stereocenters. The summed E-state index contributed by atoms with van der Waals surface area (Å²) < 4.78 is 0. The SMILES string of the molecule is CC1CC(NC(C#N)CO)C1. The number of hydrogen-bond donors (Lipinski definition) is 2. The highest BCUT2D eigenvalue weighted by atomic mass is 16.3. The van der Waals surface area contributed by atoms with Crippen molar-refractivity contribution in [1.29, 1.82) is 5.26 Å². The van der Waals surface area contributed by atoms with Gasteiger partial charge in [-0.25, -0.2) is 0 Å². The van der Waals surface area contributed by atoms with Gasteiger partial charge >= 0.3 is 0 Å². The molecular weight excluding hydrogens is 140 g/mol. The van der Waals surface area contributed by atoms with E-state index in [9.17, 15) is 0 Å². The molecule has 3 heteroatoms. The molecule has 0 aromatic carbocycles. The highest BCUT2D eigenvalue weighted by molar-refractivity contribution is 4.94. The second-order valence-electron chi connectivity index (χ2n) is 3.30. The Morgan fingerprint density at radius 1 is 1.73 bits per heavy atom. The zero-order valence-corrected chi connectivity index (χ0v) is 6.75. The second-order valence-corrected chi connectivity index (χ2v) is 3.30. The normalized spacial score (nSPS) is 32.1. The lowest BCUT2D eigenvalue weighted by molar-refractivity contribution is 0.196. The van der Waals surface area contributed by atoms with E-state index in [2.05, 4.69) is 12.2 Å². The molecule has 0 bridgehead atoms. The van der Waals surface area contributed by atoms with Gasteiger partial charge < -0.3 is 5.11 Å². The van der Waals surface area contributed by atoms with E-state index >= 15 is 0 Å². The fourth-order valence-electron chi connectivity index (χ4n) is 1.45. The molecule has 1 atom stereocenters. The first-order valence-electron chi connectivity index (χ1n) is 4.02. The number of rotatable bonds is 3. The maximum Gasteiger partial charge on any atom is 0.119 e. The minimum Gasteiger partial charge on any atom is -0.394 e. The molecule has 1 aliphatic carbocycles. The van der Waals surface area contributed by atoms with Gasteiger partial charge in [-0.15, -0.1) is 0 Å². The summed E-state index contributed by atoms with van der Waals surface area (Å²) in [7, 11) is 0. The van der Waals surface area contributed by atoms with Gasteiger partial charge in [0, 0.05) is 6.04 Å². The molecule has 11 heavy (non-hydrogen) atoms. The van der Waals surface area contributed by atoms with E-state index in [0.29, 0.717) is 6.04 Å². The quantitative estimate of drug-likeness (QED) is 0.613. The van der Waals surface area contributed by atoms with Crippen LogP contribution in [0.15, 0.2) is 0 Å². The third-order valence-corrected chi connectivity index (χ3v) is 2.15. The van der Waals surface area contributed by atoms with Crippen molar-refractivity contribution in [2.75, 3.05) is 6.61 Å². The van der Waals surface area contributed by atoms with Gasteiger partial charge in [0.25, 0.3) is 0 Å². The maximum absolute atomic E-state index is 8.68. The molecule has 3 nitrogen and oxygen atoms in total. The number of nitrogens with zero attached hydrogens (tertiary/aromatic N) is 1. The minimum atomic E-state index is -0.368. The van der Waals surface area contributed by atoms with Crippen LogP contribution in [0.2, 0.25) is 0 Å². The largest absolute Gasteiger partial charge is 0.394 e.